The normalized spacial score (nSPS) is 36.0. The summed E-state index contributed by atoms with van der Waals surface area (Å²) >= 11 is 0. The van der Waals surface area contributed by atoms with Crippen molar-refractivity contribution in [3.63, 3.8) is 0 Å². The van der Waals surface area contributed by atoms with Gasteiger partial charge in [0.15, 0.2) is 0 Å². The van der Waals surface area contributed by atoms with Gasteiger partial charge in [0.2, 0.25) is 11.8 Å². The fourth-order valence-electron chi connectivity index (χ4n) is 8.92. The smallest absolute Gasteiger partial charge is 0.255 e. The van der Waals surface area contributed by atoms with Crippen LogP contribution >= 0.6 is 0 Å². The zero-order chi connectivity index (χ0) is 24.6. The maximum atomic E-state index is 15.2. The van der Waals surface area contributed by atoms with Gasteiger partial charge < -0.3 is 9.80 Å². The van der Waals surface area contributed by atoms with Crippen LogP contribution in [0.5, 0.6) is 0 Å². The van der Waals surface area contributed by atoms with E-state index in [1.807, 2.05) is 6.07 Å². The number of carbonyl (C=O) groups is 3. The molecule has 3 amide bonds. The third kappa shape index (κ3) is 3.75. The highest BCUT2D eigenvalue weighted by atomic mass is 19.1. The molecule has 3 heterocycles. The third-order valence-corrected chi connectivity index (χ3v) is 10.0. The van der Waals surface area contributed by atoms with E-state index in [0.29, 0.717) is 23.1 Å². The van der Waals surface area contributed by atoms with Gasteiger partial charge >= 0.3 is 0 Å². The van der Waals surface area contributed by atoms with Gasteiger partial charge in [0.1, 0.15) is 11.9 Å². The monoisotopic (exact) mass is 494 g/mol. The zero-order valence-electron chi connectivity index (χ0n) is 20.8. The number of halogens is 1. The van der Waals surface area contributed by atoms with Crippen molar-refractivity contribution in [1.29, 1.82) is 0 Å². The van der Waals surface area contributed by atoms with Gasteiger partial charge in [-0.05, 0) is 85.8 Å². The average molecular weight is 495 g/mol. The molecule has 0 spiro atoms. The second-order valence-electron chi connectivity index (χ2n) is 12.5. The van der Waals surface area contributed by atoms with Crippen molar-refractivity contribution in [3.8, 4) is 0 Å². The second-order valence-corrected chi connectivity index (χ2v) is 12.5. The largest absolute Gasteiger partial charge is 0.367 e. The third-order valence-electron chi connectivity index (χ3n) is 10.0. The molecular weight excluding hydrogens is 459 g/mol. The number of amides is 3. The van der Waals surface area contributed by atoms with Gasteiger partial charge in [0.05, 0.1) is 5.69 Å². The Hall–Kier alpha value is -2.48. The van der Waals surface area contributed by atoms with Gasteiger partial charge in [-0.3, -0.25) is 24.6 Å². The Labute approximate surface area is 211 Å². The van der Waals surface area contributed by atoms with E-state index >= 15 is 4.39 Å². The molecule has 8 heteroatoms. The van der Waals surface area contributed by atoms with Gasteiger partial charge in [0, 0.05) is 51.3 Å². The Kier molecular flexibility index (Phi) is 5.21. The molecule has 36 heavy (non-hydrogen) atoms. The summed E-state index contributed by atoms with van der Waals surface area (Å²) in [5, 5.41) is 2.32. The lowest BCUT2D eigenvalue weighted by Crippen LogP contribution is -2.55. The van der Waals surface area contributed by atoms with Crippen LogP contribution in [-0.4, -0.2) is 66.3 Å². The zero-order valence-corrected chi connectivity index (χ0v) is 20.8. The van der Waals surface area contributed by atoms with Crippen LogP contribution in [-0.2, 0) is 16.1 Å². The second kappa shape index (κ2) is 8.27. The molecule has 6 fully saturated rings. The summed E-state index contributed by atoms with van der Waals surface area (Å²) in [6, 6.07) is 2.48. The lowest BCUT2D eigenvalue weighted by molar-refractivity contribution is -0.136. The molecule has 1 N–H and O–H groups in total. The Morgan fingerprint density at radius 3 is 2.25 bits per heavy atom. The molecule has 3 aliphatic heterocycles. The van der Waals surface area contributed by atoms with E-state index in [0.717, 1.165) is 49.5 Å². The summed E-state index contributed by atoms with van der Waals surface area (Å²) < 4.78 is 15.2. The Balaban J connectivity index is 1.02. The average Bonchev–Trinajstić information content (AvgIpc) is 3.13. The first-order valence-corrected chi connectivity index (χ1v) is 13.8. The van der Waals surface area contributed by atoms with Crippen LogP contribution in [0.2, 0.25) is 0 Å². The quantitative estimate of drug-likeness (QED) is 0.652. The van der Waals surface area contributed by atoms with Crippen LogP contribution in [0.3, 0.4) is 0 Å². The summed E-state index contributed by atoms with van der Waals surface area (Å²) in [7, 11) is 0. The molecule has 1 aromatic carbocycles. The number of nitrogens with zero attached hydrogens (tertiary/aromatic N) is 3. The van der Waals surface area contributed by atoms with E-state index in [-0.39, 0.29) is 30.6 Å². The van der Waals surface area contributed by atoms with Gasteiger partial charge in [-0.15, -0.1) is 0 Å². The molecule has 4 bridgehead atoms. The number of piperazine rings is 1. The van der Waals surface area contributed by atoms with Crippen molar-refractivity contribution in [3.05, 3.63) is 29.1 Å². The van der Waals surface area contributed by atoms with Crippen molar-refractivity contribution in [2.24, 2.45) is 23.2 Å². The highest BCUT2D eigenvalue weighted by Crippen LogP contribution is 2.60. The maximum absolute atomic E-state index is 15.2. The number of hydrogen-bond donors (Lipinski definition) is 1. The van der Waals surface area contributed by atoms with Crippen LogP contribution in [0.15, 0.2) is 12.1 Å². The molecule has 7 nitrogen and oxygen atoms in total. The molecule has 1 unspecified atom stereocenters. The molecule has 4 aliphatic carbocycles. The van der Waals surface area contributed by atoms with Gasteiger partial charge in [-0.25, -0.2) is 4.39 Å². The van der Waals surface area contributed by atoms with E-state index in [4.69, 9.17) is 0 Å². The predicted octanol–water partition coefficient (Wildman–Crippen LogP) is 2.93. The van der Waals surface area contributed by atoms with E-state index in [9.17, 15) is 14.4 Å². The summed E-state index contributed by atoms with van der Waals surface area (Å²) in [4.78, 5) is 43.0. The highest BCUT2D eigenvalue weighted by Gasteiger charge is 2.51. The minimum absolute atomic E-state index is 0.212. The van der Waals surface area contributed by atoms with Gasteiger partial charge in [-0.1, -0.05) is 0 Å². The van der Waals surface area contributed by atoms with E-state index in [1.54, 1.807) is 0 Å². The summed E-state index contributed by atoms with van der Waals surface area (Å²) in [5.41, 5.74) is 2.18. The van der Waals surface area contributed by atoms with Crippen molar-refractivity contribution in [1.82, 2.24) is 15.1 Å². The fraction of sp³-hybridized carbons (Fsp3) is 0.679. The van der Waals surface area contributed by atoms with Crippen molar-refractivity contribution >= 4 is 23.4 Å². The number of rotatable bonds is 4. The minimum atomic E-state index is -0.678. The van der Waals surface area contributed by atoms with Crippen LogP contribution in [0.1, 0.15) is 67.3 Å². The molecular formula is C28H35FN4O3. The van der Waals surface area contributed by atoms with Crippen molar-refractivity contribution < 1.29 is 18.8 Å². The summed E-state index contributed by atoms with van der Waals surface area (Å²) in [6.45, 7) is 4.94. The van der Waals surface area contributed by atoms with E-state index < -0.39 is 11.9 Å². The number of anilines is 1. The van der Waals surface area contributed by atoms with E-state index in [2.05, 4.69) is 15.1 Å². The van der Waals surface area contributed by atoms with Crippen molar-refractivity contribution in [2.75, 3.05) is 37.6 Å². The number of carbonyl (C=O) groups excluding carboxylic acids is 3. The molecule has 192 valence electrons. The lowest BCUT2D eigenvalue weighted by Gasteiger charge is -2.58. The first-order valence-electron chi connectivity index (χ1n) is 13.8. The summed E-state index contributed by atoms with van der Waals surface area (Å²) in [5.74, 6) is 1.42. The first kappa shape index (κ1) is 22.7. The van der Waals surface area contributed by atoms with Gasteiger partial charge in [0.25, 0.3) is 5.91 Å². The number of hydrogen-bond acceptors (Lipinski definition) is 5. The number of fused-ring (bicyclic) bond motifs is 1. The molecule has 4 saturated carbocycles. The number of imide groups is 1. The molecule has 7 aliphatic rings. The van der Waals surface area contributed by atoms with Crippen LogP contribution < -0.4 is 10.2 Å². The molecule has 0 aromatic heterocycles. The minimum Gasteiger partial charge on any atom is -0.367 e. The van der Waals surface area contributed by atoms with Crippen LogP contribution in [0.4, 0.5) is 10.1 Å². The Morgan fingerprint density at radius 1 is 0.944 bits per heavy atom. The van der Waals surface area contributed by atoms with Crippen molar-refractivity contribution in [2.45, 2.75) is 64.0 Å². The molecule has 2 saturated heterocycles. The number of benzene rings is 1. The lowest BCUT2D eigenvalue weighted by atomic mass is 9.49. The molecule has 8 rings (SSSR count). The first-order chi connectivity index (χ1) is 17.4. The summed E-state index contributed by atoms with van der Waals surface area (Å²) in [6.07, 6.45) is 9.16. The highest BCUT2D eigenvalue weighted by molar-refractivity contribution is 6.05. The topological polar surface area (TPSA) is 73.0 Å². The van der Waals surface area contributed by atoms with Crippen LogP contribution in [0.25, 0.3) is 0 Å². The number of nitrogens with one attached hydrogen (secondary N) is 1. The maximum Gasteiger partial charge on any atom is 0.255 e. The standard InChI is InChI=1S/C28H35FN4O3/c29-22-11-21-20(15-33(27(21)36)23-1-2-25(34)30-26(23)35)10-24(22)32-5-3-31(4-6-32)16-28-12-17-7-18(13-28)9-19(8-17)14-28/h10-11,17-19,23H,1-9,12-16H2,(H,30,34,35). The fourth-order valence-corrected chi connectivity index (χ4v) is 8.92. The predicted molar refractivity (Wildman–Crippen MR) is 132 cm³/mol. The molecule has 0 radical (unpaired) electrons. The Bertz CT molecular complexity index is 1090. The van der Waals surface area contributed by atoms with E-state index in [1.165, 1.54) is 56.0 Å². The molecule has 1 atom stereocenters. The SMILES string of the molecule is O=C1CCC(N2Cc3cc(N4CCN(CC56CC7CC(CC(C7)C5)C6)CC4)c(F)cc3C2=O)C(=O)N1. The molecule has 1 aromatic rings. The Morgan fingerprint density at radius 2 is 1.61 bits per heavy atom. The van der Waals surface area contributed by atoms with Gasteiger partial charge in [-0.2, -0.15) is 0 Å². The van der Waals surface area contributed by atoms with Crippen LogP contribution in [0, 0.1) is 29.0 Å². The number of piperidine rings is 1.